The first-order chi connectivity index (χ1) is 14.4. The summed E-state index contributed by atoms with van der Waals surface area (Å²) in [5, 5.41) is 8.63. The number of aromatic nitrogens is 1. The molecule has 30 heavy (non-hydrogen) atoms. The number of benzene rings is 1. The summed E-state index contributed by atoms with van der Waals surface area (Å²) in [4.78, 5) is 29.4. The number of nitrogen functional groups attached to an aromatic ring is 1. The molecule has 1 saturated heterocycles. The summed E-state index contributed by atoms with van der Waals surface area (Å²) in [6.07, 6.45) is 4.18. The predicted octanol–water partition coefficient (Wildman–Crippen LogP) is 1.43. The number of nitrogens with zero attached hydrogens (tertiary/aromatic N) is 1. The molecule has 2 heterocycles. The lowest BCUT2D eigenvalue weighted by molar-refractivity contribution is -0.130. The van der Waals surface area contributed by atoms with Gasteiger partial charge in [0.05, 0.1) is 6.04 Å². The fraction of sp³-hybridized carbons (Fsp3) is 0.381. The summed E-state index contributed by atoms with van der Waals surface area (Å²) in [7, 11) is 0. The van der Waals surface area contributed by atoms with Crippen LogP contribution in [-0.2, 0) is 22.6 Å². The van der Waals surface area contributed by atoms with E-state index in [2.05, 4.69) is 20.9 Å². The third kappa shape index (κ3) is 5.96. The molecule has 7 nitrogen and oxygen atoms in total. The van der Waals surface area contributed by atoms with Crippen molar-refractivity contribution >= 4 is 17.6 Å². The average Bonchev–Trinajstić information content (AvgIpc) is 2.75. The third-order valence-electron chi connectivity index (χ3n) is 5.00. The van der Waals surface area contributed by atoms with E-state index in [0.29, 0.717) is 17.8 Å². The van der Waals surface area contributed by atoms with E-state index < -0.39 is 23.6 Å². The van der Waals surface area contributed by atoms with Crippen LogP contribution in [0.2, 0.25) is 0 Å². The first-order valence-electron chi connectivity index (χ1n) is 9.88. The molecular formula is C21H25F2N5O2. The highest BCUT2D eigenvalue weighted by Gasteiger charge is 2.27. The molecule has 1 aliphatic rings. The van der Waals surface area contributed by atoms with Gasteiger partial charge in [0.15, 0.2) is 11.6 Å². The van der Waals surface area contributed by atoms with Gasteiger partial charge in [-0.2, -0.15) is 0 Å². The maximum Gasteiger partial charge on any atom is 0.243 e. The van der Waals surface area contributed by atoms with Crippen LogP contribution in [0, 0.1) is 11.6 Å². The van der Waals surface area contributed by atoms with Gasteiger partial charge in [-0.25, -0.2) is 13.8 Å². The molecule has 2 amide bonds. The topological polar surface area (TPSA) is 109 Å². The van der Waals surface area contributed by atoms with Crippen LogP contribution in [0.4, 0.5) is 14.6 Å². The summed E-state index contributed by atoms with van der Waals surface area (Å²) >= 11 is 0. The first-order valence-corrected chi connectivity index (χ1v) is 9.88. The largest absolute Gasteiger partial charge is 0.384 e. The highest BCUT2D eigenvalue weighted by Crippen LogP contribution is 2.12. The molecule has 1 aromatic heterocycles. The van der Waals surface area contributed by atoms with Gasteiger partial charge in [0.25, 0.3) is 0 Å². The number of hydrogen-bond donors (Lipinski definition) is 4. The van der Waals surface area contributed by atoms with E-state index in [1.54, 1.807) is 18.3 Å². The Morgan fingerprint density at radius 3 is 2.63 bits per heavy atom. The molecule has 0 bridgehead atoms. The fourth-order valence-electron chi connectivity index (χ4n) is 3.31. The van der Waals surface area contributed by atoms with Gasteiger partial charge in [0.2, 0.25) is 11.8 Å². The van der Waals surface area contributed by atoms with Crippen molar-refractivity contribution in [1.29, 1.82) is 0 Å². The average molecular weight is 417 g/mol. The van der Waals surface area contributed by atoms with Crippen LogP contribution in [-0.4, -0.2) is 35.4 Å². The fourth-order valence-corrected chi connectivity index (χ4v) is 3.31. The van der Waals surface area contributed by atoms with Gasteiger partial charge >= 0.3 is 0 Å². The second-order valence-electron chi connectivity index (χ2n) is 7.33. The summed E-state index contributed by atoms with van der Waals surface area (Å²) in [5.74, 6) is -2.31. The Kier molecular flexibility index (Phi) is 7.29. The van der Waals surface area contributed by atoms with Crippen LogP contribution in [0.15, 0.2) is 36.5 Å². The monoisotopic (exact) mass is 417 g/mol. The van der Waals surface area contributed by atoms with Gasteiger partial charge in [-0.05, 0) is 48.7 Å². The Labute approximate surface area is 173 Å². The Morgan fingerprint density at radius 1 is 1.17 bits per heavy atom. The normalized spacial score (nSPS) is 17.2. The van der Waals surface area contributed by atoms with Crippen LogP contribution >= 0.6 is 0 Å². The summed E-state index contributed by atoms with van der Waals surface area (Å²) in [6, 6.07) is 5.48. The zero-order chi connectivity index (χ0) is 21.5. The third-order valence-corrected chi connectivity index (χ3v) is 5.00. The summed E-state index contributed by atoms with van der Waals surface area (Å²) in [5.41, 5.74) is 6.70. The van der Waals surface area contributed by atoms with Crippen molar-refractivity contribution in [2.75, 3.05) is 12.3 Å². The Morgan fingerprint density at radius 2 is 1.97 bits per heavy atom. The number of anilines is 1. The number of nitrogens with one attached hydrogen (secondary N) is 3. The maximum atomic E-state index is 13.6. The van der Waals surface area contributed by atoms with E-state index in [-0.39, 0.29) is 24.9 Å². The molecule has 2 atom stereocenters. The minimum absolute atomic E-state index is 0.0292. The molecule has 1 aromatic carbocycles. The highest BCUT2D eigenvalue weighted by molar-refractivity contribution is 5.90. The van der Waals surface area contributed by atoms with E-state index >= 15 is 0 Å². The zero-order valence-corrected chi connectivity index (χ0v) is 16.5. The Hall–Kier alpha value is -3.07. The number of halogens is 2. The molecule has 0 radical (unpaired) electrons. The molecule has 0 aliphatic carbocycles. The minimum atomic E-state index is -1.00. The van der Waals surface area contributed by atoms with Gasteiger partial charge in [-0.15, -0.1) is 0 Å². The first kappa shape index (κ1) is 21.6. The minimum Gasteiger partial charge on any atom is -0.384 e. The molecule has 9 heteroatoms. The van der Waals surface area contributed by atoms with Crippen LogP contribution in [0.5, 0.6) is 0 Å². The van der Waals surface area contributed by atoms with Gasteiger partial charge < -0.3 is 21.7 Å². The number of amides is 2. The molecule has 160 valence electrons. The lowest BCUT2D eigenvalue weighted by Crippen LogP contribution is -2.54. The summed E-state index contributed by atoms with van der Waals surface area (Å²) < 4.78 is 26.8. The van der Waals surface area contributed by atoms with Crippen LogP contribution in [0.1, 0.15) is 30.4 Å². The predicted molar refractivity (Wildman–Crippen MR) is 108 cm³/mol. The second kappa shape index (κ2) is 10.1. The molecule has 0 saturated carbocycles. The Balaban J connectivity index is 1.69. The van der Waals surface area contributed by atoms with Gasteiger partial charge in [0.1, 0.15) is 11.9 Å². The van der Waals surface area contributed by atoms with Crippen LogP contribution in [0.25, 0.3) is 0 Å². The zero-order valence-electron chi connectivity index (χ0n) is 16.5. The standard InChI is InChI=1S/C21H25F2N5O2/c22-15-6-4-13(9-16(15)23)10-18(28-21(30)17-3-1-2-8-25-17)20(29)27-12-14-5-7-19(24)26-11-14/h4-7,9,11,17-18,25H,1-3,8,10,12H2,(H2,24,26)(H,27,29)(H,28,30)/t17-,18+/m1/s1. The lowest BCUT2D eigenvalue weighted by Gasteiger charge is -2.25. The van der Waals surface area contributed by atoms with Crippen molar-refractivity contribution in [1.82, 2.24) is 20.9 Å². The summed E-state index contributed by atoms with van der Waals surface area (Å²) in [6.45, 7) is 0.931. The SMILES string of the molecule is Nc1ccc(CNC(=O)[C@H](Cc2ccc(F)c(F)c2)NC(=O)[C@H]2CCCCN2)cn1. The second-order valence-corrected chi connectivity index (χ2v) is 7.33. The number of pyridine rings is 1. The molecule has 0 unspecified atom stereocenters. The number of carbonyl (C=O) groups is 2. The molecule has 0 spiro atoms. The lowest BCUT2D eigenvalue weighted by atomic mass is 10.0. The number of rotatable bonds is 7. The molecule has 5 N–H and O–H groups in total. The van der Waals surface area contributed by atoms with E-state index in [1.165, 1.54) is 6.07 Å². The van der Waals surface area contributed by atoms with E-state index in [1.807, 2.05) is 0 Å². The van der Waals surface area contributed by atoms with Crippen molar-refractivity contribution < 1.29 is 18.4 Å². The van der Waals surface area contributed by atoms with Gasteiger partial charge in [-0.3, -0.25) is 9.59 Å². The quantitative estimate of drug-likeness (QED) is 0.545. The van der Waals surface area contributed by atoms with E-state index in [4.69, 9.17) is 5.73 Å². The molecule has 2 aromatic rings. The Bertz CT molecular complexity index is 885. The molecule has 1 fully saturated rings. The van der Waals surface area contributed by atoms with Crippen molar-refractivity contribution in [3.63, 3.8) is 0 Å². The van der Waals surface area contributed by atoms with Crippen molar-refractivity contribution in [2.45, 2.75) is 44.3 Å². The van der Waals surface area contributed by atoms with Gasteiger partial charge in [0, 0.05) is 19.2 Å². The molecule has 3 rings (SSSR count). The number of piperidine rings is 1. The highest BCUT2D eigenvalue weighted by atomic mass is 19.2. The van der Waals surface area contributed by atoms with Crippen LogP contribution in [0.3, 0.4) is 0 Å². The van der Waals surface area contributed by atoms with Crippen LogP contribution < -0.4 is 21.7 Å². The number of nitrogens with two attached hydrogens (primary N) is 1. The van der Waals surface area contributed by atoms with E-state index in [9.17, 15) is 18.4 Å². The van der Waals surface area contributed by atoms with E-state index in [0.717, 1.165) is 37.1 Å². The maximum absolute atomic E-state index is 13.6. The number of hydrogen-bond acceptors (Lipinski definition) is 5. The molecular weight excluding hydrogens is 392 g/mol. The molecule has 1 aliphatic heterocycles. The van der Waals surface area contributed by atoms with Crippen molar-refractivity contribution in [3.8, 4) is 0 Å². The smallest absolute Gasteiger partial charge is 0.243 e. The van der Waals surface area contributed by atoms with Crippen molar-refractivity contribution in [3.05, 3.63) is 59.3 Å². The number of carbonyl (C=O) groups excluding carboxylic acids is 2. The van der Waals surface area contributed by atoms with Gasteiger partial charge in [-0.1, -0.05) is 18.6 Å². The van der Waals surface area contributed by atoms with Crippen molar-refractivity contribution in [2.24, 2.45) is 0 Å².